The molecule has 0 aliphatic rings. The van der Waals surface area contributed by atoms with Gasteiger partial charge in [0.15, 0.2) is 0 Å². The van der Waals surface area contributed by atoms with Crippen LogP contribution < -0.4 is 16.0 Å². The Morgan fingerprint density at radius 3 is 2.13 bits per heavy atom. The normalized spacial score (nSPS) is 11.6. The number of alkyl carbamates (subject to hydrolysis) is 1. The van der Waals surface area contributed by atoms with Crippen molar-refractivity contribution in [3.8, 4) is 0 Å². The first-order valence-corrected chi connectivity index (χ1v) is 7.70. The summed E-state index contributed by atoms with van der Waals surface area (Å²) in [4.78, 5) is 24.4. The van der Waals surface area contributed by atoms with Gasteiger partial charge in [0.1, 0.15) is 11.1 Å². The minimum atomic E-state index is -1.11. The van der Waals surface area contributed by atoms with Crippen molar-refractivity contribution in [1.82, 2.24) is 5.32 Å². The van der Waals surface area contributed by atoms with E-state index in [0.717, 1.165) is 12.2 Å². The zero-order chi connectivity index (χ0) is 17.7. The molecule has 1 rings (SSSR count). The highest BCUT2D eigenvalue weighted by Gasteiger charge is 2.32. The summed E-state index contributed by atoms with van der Waals surface area (Å²) in [5.74, 6) is -0.325. The van der Waals surface area contributed by atoms with Crippen molar-refractivity contribution in [2.75, 3.05) is 17.2 Å². The maximum Gasteiger partial charge on any atom is 0.408 e. The Morgan fingerprint density at radius 2 is 1.61 bits per heavy atom. The first kappa shape index (κ1) is 18.8. The molecule has 0 bridgehead atoms. The number of nitrogens with one attached hydrogen (secondary N) is 3. The van der Waals surface area contributed by atoms with Crippen LogP contribution in [0.25, 0.3) is 0 Å². The molecule has 0 heterocycles. The lowest BCUT2D eigenvalue weighted by Gasteiger charge is -2.28. The molecule has 1 aromatic rings. The highest BCUT2D eigenvalue weighted by molar-refractivity contribution is 6.01. The molecular formula is C17H27N3O3. The third-order valence-electron chi connectivity index (χ3n) is 2.92. The molecule has 0 saturated heterocycles. The molecule has 0 radical (unpaired) electrons. The van der Waals surface area contributed by atoms with E-state index < -0.39 is 17.2 Å². The summed E-state index contributed by atoms with van der Waals surface area (Å²) in [5.41, 5.74) is -0.231. The van der Waals surface area contributed by atoms with Crippen LogP contribution in [0.1, 0.15) is 41.5 Å². The molecule has 1 aromatic carbocycles. The molecule has 6 heteroatoms. The van der Waals surface area contributed by atoms with Crippen molar-refractivity contribution in [2.45, 2.75) is 52.7 Å². The van der Waals surface area contributed by atoms with Crippen LogP contribution in [0.3, 0.4) is 0 Å². The van der Waals surface area contributed by atoms with Crippen LogP contribution in [0, 0.1) is 0 Å². The number of rotatable bonds is 5. The van der Waals surface area contributed by atoms with Crippen LogP contribution in [0.5, 0.6) is 0 Å². The van der Waals surface area contributed by atoms with Crippen molar-refractivity contribution in [3.63, 3.8) is 0 Å². The standard InChI is InChI=1S/C17H27N3O3/c1-7-18-12-10-8-9-11-13(12)19-14(21)17(5,6)20-15(22)23-16(2,3)4/h8-11,18H,7H2,1-6H3,(H,19,21)(H,20,22). The zero-order valence-electron chi connectivity index (χ0n) is 14.7. The fourth-order valence-corrected chi connectivity index (χ4v) is 1.83. The lowest BCUT2D eigenvalue weighted by molar-refractivity contribution is -0.121. The minimum absolute atomic E-state index is 0.325. The van der Waals surface area contributed by atoms with Crippen LogP contribution in [0.15, 0.2) is 24.3 Å². The molecule has 23 heavy (non-hydrogen) atoms. The van der Waals surface area contributed by atoms with Gasteiger partial charge in [-0.1, -0.05) is 12.1 Å². The summed E-state index contributed by atoms with van der Waals surface area (Å²) in [6, 6.07) is 7.41. The summed E-state index contributed by atoms with van der Waals surface area (Å²) < 4.78 is 5.19. The summed E-state index contributed by atoms with van der Waals surface area (Å²) in [7, 11) is 0. The fraction of sp³-hybridized carbons (Fsp3) is 0.529. The lowest BCUT2D eigenvalue weighted by atomic mass is 10.0. The third-order valence-corrected chi connectivity index (χ3v) is 2.92. The molecule has 2 amide bonds. The summed E-state index contributed by atoms with van der Waals surface area (Å²) >= 11 is 0. The van der Waals surface area contributed by atoms with Crippen LogP contribution in [0.4, 0.5) is 16.2 Å². The quantitative estimate of drug-likeness (QED) is 0.777. The number of para-hydroxylation sites is 2. The molecule has 0 aliphatic carbocycles. The van der Waals surface area contributed by atoms with E-state index in [2.05, 4.69) is 16.0 Å². The Kier molecular flexibility index (Phi) is 6.01. The fourth-order valence-electron chi connectivity index (χ4n) is 1.83. The first-order valence-electron chi connectivity index (χ1n) is 7.70. The second kappa shape index (κ2) is 7.35. The van der Waals surface area contributed by atoms with Gasteiger partial charge in [0, 0.05) is 6.54 Å². The number of carbonyl (C=O) groups is 2. The van der Waals surface area contributed by atoms with Gasteiger partial charge in [0.25, 0.3) is 0 Å². The van der Waals surface area contributed by atoms with Gasteiger partial charge in [-0.3, -0.25) is 4.79 Å². The molecule has 0 aromatic heterocycles. The molecule has 6 nitrogen and oxygen atoms in total. The van der Waals surface area contributed by atoms with Gasteiger partial charge in [0.05, 0.1) is 11.4 Å². The van der Waals surface area contributed by atoms with E-state index in [4.69, 9.17) is 4.74 Å². The molecule has 0 saturated carbocycles. The van der Waals surface area contributed by atoms with E-state index in [1.54, 1.807) is 40.7 Å². The summed E-state index contributed by atoms with van der Waals surface area (Å²) in [6.45, 7) is 11.3. The second-order valence-electron chi connectivity index (χ2n) is 6.78. The largest absolute Gasteiger partial charge is 0.444 e. The van der Waals surface area contributed by atoms with Gasteiger partial charge >= 0.3 is 6.09 Å². The molecule has 128 valence electrons. The highest BCUT2D eigenvalue weighted by atomic mass is 16.6. The average Bonchev–Trinajstić information content (AvgIpc) is 2.38. The molecule has 0 fully saturated rings. The van der Waals surface area contributed by atoms with Crippen LogP contribution in [0.2, 0.25) is 0 Å². The van der Waals surface area contributed by atoms with Gasteiger partial charge in [-0.05, 0) is 53.7 Å². The van der Waals surface area contributed by atoms with Crippen molar-refractivity contribution in [3.05, 3.63) is 24.3 Å². The Morgan fingerprint density at radius 1 is 1.04 bits per heavy atom. The van der Waals surface area contributed by atoms with Gasteiger partial charge in [-0.25, -0.2) is 4.79 Å². The zero-order valence-corrected chi connectivity index (χ0v) is 14.7. The predicted octanol–water partition coefficient (Wildman–Crippen LogP) is 3.36. The lowest BCUT2D eigenvalue weighted by Crippen LogP contribution is -2.53. The monoisotopic (exact) mass is 321 g/mol. The predicted molar refractivity (Wildman–Crippen MR) is 92.7 cm³/mol. The smallest absolute Gasteiger partial charge is 0.408 e. The Bertz CT molecular complexity index is 562. The SMILES string of the molecule is CCNc1ccccc1NC(=O)C(C)(C)NC(=O)OC(C)(C)C. The third kappa shape index (κ3) is 6.18. The number of hydrogen-bond donors (Lipinski definition) is 3. The number of ether oxygens (including phenoxy) is 1. The number of benzene rings is 1. The van der Waals surface area contributed by atoms with E-state index in [1.807, 2.05) is 25.1 Å². The summed E-state index contributed by atoms with van der Waals surface area (Å²) in [6.07, 6.45) is -0.627. The van der Waals surface area contributed by atoms with Crippen LogP contribution >= 0.6 is 0 Å². The van der Waals surface area contributed by atoms with Crippen LogP contribution in [-0.2, 0) is 9.53 Å². The van der Waals surface area contributed by atoms with Gasteiger partial charge in [-0.2, -0.15) is 0 Å². The minimum Gasteiger partial charge on any atom is -0.444 e. The average molecular weight is 321 g/mol. The van der Waals surface area contributed by atoms with Crippen molar-refractivity contribution < 1.29 is 14.3 Å². The molecule has 0 atom stereocenters. The van der Waals surface area contributed by atoms with Crippen molar-refractivity contribution >= 4 is 23.4 Å². The summed E-state index contributed by atoms with van der Waals surface area (Å²) in [5, 5.41) is 8.60. The Hall–Kier alpha value is -2.24. The Labute approximate surface area is 138 Å². The number of anilines is 2. The van der Waals surface area contributed by atoms with E-state index in [1.165, 1.54) is 0 Å². The van der Waals surface area contributed by atoms with E-state index >= 15 is 0 Å². The number of amides is 2. The Balaban J connectivity index is 2.78. The van der Waals surface area contributed by atoms with Gasteiger partial charge in [-0.15, -0.1) is 0 Å². The number of hydrogen-bond acceptors (Lipinski definition) is 4. The van der Waals surface area contributed by atoms with Crippen LogP contribution in [-0.4, -0.2) is 29.7 Å². The number of carbonyl (C=O) groups excluding carboxylic acids is 2. The topological polar surface area (TPSA) is 79.5 Å². The maximum atomic E-state index is 12.5. The molecule has 0 spiro atoms. The van der Waals surface area contributed by atoms with E-state index in [0.29, 0.717) is 5.69 Å². The van der Waals surface area contributed by atoms with Gasteiger partial charge < -0.3 is 20.7 Å². The molecule has 0 unspecified atom stereocenters. The van der Waals surface area contributed by atoms with E-state index in [-0.39, 0.29) is 5.91 Å². The van der Waals surface area contributed by atoms with Crippen molar-refractivity contribution in [2.24, 2.45) is 0 Å². The van der Waals surface area contributed by atoms with E-state index in [9.17, 15) is 9.59 Å². The highest BCUT2D eigenvalue weighted by Crippen LogP contribution is 2.22. The second-order valence-corrected chi connectivity index (χ2v) is 6.78. The van der Waals surface area contributed by atoms with Gasteiger partial charge in [0.2, 0.25) is 5.91 Å². The molecule has 3 N–H and O–H groups in total. The molecular weight excluding hydrogens is 294 g/mol. The maximum absolute atomic E-state index is 12.5. The molecule has 0 aliphatic heterocycles. The van der Waals surface area contributed by atoms with Crippen molar-refractivity contribution in [1.29, 1.82) is 0 Å². The first-order chi connectivity index (χ1) is 10.5.